The predicted molar refractivity (Wildman–Crippen MR) is 93.8 cm³/mol. The number of amides is 2. The Balaban J connectivity index is 2.14. The van der Waals surface area contributed by atoms with Crippen LogP contribution in [-0.2, 0) is 11.2 Å². The van der Waals surface area contributed by atoms with Gasteiger partial charge in [-0.2, -0.15) is 0 Å². The fourth-order valence-electron chi connectivity index (χ4n) is 3.62. The van der Waals surface area contributed by atoms with Crippen LogP contribution in [0.5, 0.6) is 0 Å². The standard InChI is InChI=1S/C19H28N2O2/c1-13(22)21-10-9-14-11-15(7-8-16(14)21)17(23)20-19(5,6)12-18(2,3)4/h7-8,11H,9-10,12H2,1-6H3,(H,20,23). The van der Waals surface area contributed by atoms with Crippen molar-refractivity contribution in [2.75, 3.05) is 11.4 Å². The smallest absolute Gasteiger partial charge is 0.251 e. The number of hydrogen-bond donors (Lipinski definition) is 1. The van der Waals surface area contributed by atoms with Gasteiger partial charge in [0.2, 0.25) is 5.91 Å². The van der Waals surface area contributed by atoms with E-state index in [2.05, 4.69) is 39.9 Å². The third-order valence-corrected chi connectivity index (χ3v) is 4.04. The van der Waals surface area contributed by atoms with Gasteiger partial charge < -0.3 is 10.2 Å². The number of nitrogens with zero attached hydrogens (tertiary/aromatic N) is 1. The highest BCUT2D eigenvalue weighted by Crippen LogP contribution is 2.30. The van der Waals surface area contributed by atoms with Gasteiger partial charge in [0.25, 0.3) is 5.91 Å². The van der Waals surface area contributed by atoms with Crippen LogP contribution in [0.4, 0.5) is 5.69 Å². The Morgan fingerprint density at radius 1 is 1.17 bits per heavy atom. The predicted octanol–water partition coefficient (Wildman–Crippen LogP) is 3.54. The Hall–Kier alpha value is -1.84. The highest BCUT2D eigenvalue weighted by molar-refractivity contribution is 5.98. The Kier molecular flexibility index (Phi) is 4.56. The molecule has 126 valence electrons. The van der Waals surface area contributed by atoms with Gasteiger partial charge in [-0.15, -0.1) is 0 Å². The average Bonchev–Trinajstić information content (AvgIpc) is 2.77. The molecule has 0 aromatic heterocycles. The molecular weight excluding hydrogens is 288 g/mol. The molecule has 23 heavy (non-hydrogen) atoms. The molecule has 0 unspecified atom stereocenters. The van der Waals surface area contributed by atoms with Crippen molar-refractivity contribution in [3.8, 4) is 0 Å². The topological polar surface area (TPSA) is 49.4 Å². The molecule has 1 aliphatic rings. The van der Waals surface area contributed by atoms with E-state index < -0.39 is 0 Å². The maximum absolute atomic E-state index is 12.6. The summed E-state index contributed by atoms with van der Waals surface area (Å²) in [5.41, 5.74) is 2.55. The minimum Gasteiger partial charge on any atom is -0.347 e. The molecule has 2 amide bonds. The van der Waals surface area contributed by atoms with Crippen LogP contribution in [0.2, 0.25) is 0 Å². The summed E-state index contributed by atoms with van der Waals surface area (Å²) in [6, 6.07) is 5.61. The lowest BCUT2D eigenvalue weighted by molar-refractivity contribution is -0.116. The molecule has 0 spiro atoms. The minimum absolute atomic E-state index is 0.0484. The van der Waals surface area contributed by atoms with Crippen molar-refractivity contribution in [3.63, 3.8) is 0 Å². The molecule has 0 bridgehead atoms. The molecule has 0 radical (unpaired) electrons. The Morgan fingerprint density at radius 2 is 1.83 bits per heavy atom. The maximum Gasteiger partial charge on any atom is 0.251 e. The van der Waals surface area contributed by atoms with Crippen LogP contribution in [0.3, 0.4) is 0 Å². The van der Waals surface area contributed by atoms with Crippen LogP contribution in [-0.4, -0.2) is 23.9 Å². The molecule has 0 aliphatic carbocycles. The van der Waals surface area contributed by atoms with E-state index in [1.807, 2.05) is 18.2 Å². The first-order valence-corrected chi connectivity index (χ1v) is 8.22. The van der Waals surface area contributed by atoms with Crippen molar-refractivity contribution in [1.29, 1.82) is 0 Å². The van der Waals surface area contributed by atoms with Crippen LogP contribution in [0.15, 0.2) is 18.2 Å². The normalized spacial score (nSPS) is 14.6. The monoisotopic (exact) mass is 316 g/mol. The lowest BCUT2D eigenvalue weighted by Crippen LogP contribution is -2.45. The van der Waals surface area contributed by atoms with Crippen molar-refractivity contribution in [2.45, 2.75) is 59.9 Å². The molecule has 1 aliphatic heterocycles. The Bertz CT molecular complexity index is 627. The molecule has 2 rings (SSSR count). The summed E-state index contributed by atoms with van der Waals surface area (Å²) in [4.78, 5) is 25.9. The van der Waals surface area contributed by atoms with E-state index in [1.165, 1.54) is 0 Å². The maximum atomic E-state index is 12.6. The highest BCUT2D eigenvalue weighted by atomic mass is 16.2. The van der Waals surface area contributed by atoms with Gasteiger partial charge in [0, 0.05) is 30.3 Å². The second-order valence-electron chi connectivity index (χ2n) is 8.34. The number of carbonyl (C=O) groups is 2. The van der Waals surface area contributed by atoms with Crippen molar-refractivity contribution in [3.05, 3.63) is 29.3 Å². The summed E-state index contributed by atoms with van der Waals surface area (Å²) >= 11 is 0. The zero-order valence-corrected chi connectivity index (χ0v) is 15.1. The molecule has 0 fully saturated rings. The number of rotatable bonds is 3. The van der Waals surface area contributed by atoms with E-state index in [4.69, 9.17) is 0 Å². The summed E-state index contributed by atoms with van der Waals surface area (Å²) in [5, 5.41) is 3.13. The Morgan fingerprint density at radius 3 is 2.39 bits per heavy atom. The lowest BCUT2D eigenvalue weighted by atomic mass is 9.81. The number of benzene rings is 1. The molecule has 0 saturated heterocycles. The number of carbonyl (C=O) groups excluding carboxylic acids is 2. The van der Waals surface area contributed by atoms with E-state index >= 15 is 0 Å². The third kappa shape index (κ3) is 4.34. The van der Waals surface area contributed by atoms with E-state index in [-0.39, 0.29) is 22.8 Å². The third-order valence-electron chi connectivity index (χ3n) is 4.04. The molecule has 4 nitrogen and oxygen atoms in total. The van der Waals surface area contributed by atoms with Gasteiger partial charge in [-0.05, 0) is 55.9 Å². The van der Waals surface area contributed by atoms with Gasteiger partial charge in [0.05, 0.1) is 0 Å². The molecule has 4 heteroatoms. The van der Waals surface area contributed by atoms with Crippen LogP contribution in [0.1, 0.15) is 63.9 Å². The summed E-state index contributed by atoms with van der Waals surface area (Å²) in [6.07, 6.45) is 1.70. The SMILES string of the molecule is CC(=O)N1CCc2cc(C(=O)NC(C)(C)CC(C)(C)C)ccc21. The van der Waals surface area contributed by atoms with Gasteiger partial charge in [0.15, 0.2) is 0 Å². The molecule has 1 N–H and O–H groups in total. The van der Waals surface area contributed by atoms with Crippen molar-refractivity contribution in [1.82, 2.24) is 5.32 Å². The first kappa shape index (κ1) is 17.5. The first-order valence-electron chi connectivity index (χ1n) is 8.22. The zero-order valence-electron chi connectivity index (χ0n) is 15.1. The quantitative estimate of drug-likeness (QED) is 0.927. The van der Waals surface area contributed by atoms with Crippen LogP contribution in [0.25, 0.3) is 0 Å². The minimum atomic E-state index is -0.264. The molecule has 0 atom stereocenters. The zero-order chi connectivity index (χ0) is 17.4. The van der Waals surface area contributed by atoms with Crippen LogP contribution in [0, 0.1) is 5.41 Å². The van der Waals surface area contributed by atoms with E-state index in [0.717, 1.165) is 24.1 Å². The number of hydrogen-bond acceptors (Lipinski definition) is 2. The summed E-state index contributed by atoms with van der Waals surface area (Å²) in [7, 11) is 0. The largest absolute Gasteiger partial charge is 0.347 e. The number of anilines is 1. The van der Waals surface area contributed by atoms with E-state index in [0.29, 0.717) is 12.1 Å². The van der Waals surface area contributed by atoms with Crippen molar-refractivity contribution in [2.24, 2.45) is 5.41 Å². The second kappa shape index (κ2) is 5.99. The highest BCUT2D eigenvalue weighted by Gasteiger charge is 2.28. The first-order chi connectivity index (χ1) is 10.5. The van der Waals surface area contributed by atoms with Crippen molar-refractivity contribution >= 4 is 17.5 Å². The van der Waals surface area contributed by atoms with Crippen LogP contribution < -0.4 is 10.2 Å². The van der Waals surface area contributed by atoms with Crippen molar-refractivity contribution < 1.29 is 9.59 Å². The summed E-state index contributed by atoms with van der Waals surface area (Å²) in [5.74, 6) is -0.00409. The summed E-state index contributed by atoms with van der Waals surface area (Å²) < 4.78 is 0. The Labute approximate surface area is 139 Å². The van der Waals surface area contributed by atoms with Crippen LogP contribution >= 0.6 is 0 Å². The fourth-order valence-corrected chi connectivity index (χ4v) is 3.62. The second-order valence-corrected chi connectivity index (χ2v) is 8.34. The summed E-state index contributed by atoms with van der Waals surface area (Å²) in [6.45, 7) is 12.9. The number of nitrogens with one attached hydrogen (secondary N) is 1. The van der Waals surface area contributed by atoms with Gasteiger partial charge in [0.1, 0.15) is 0 Å². The fraction of sp³-hybridized carbons (Fsp3) is 0.579. The van der Waals surface area contributed by atoms with Gasteiger partial charge in [-0.1, -0.05) is 20.8 Å². The molecular formula is C19H28N2O2. The molecule has 1 heterocycles. The van der Waals surface area contributed by atoms with Gasteiger partial charge >= 0.3 is 0 Å². The molecule has 1 aromatic rings. The molecule has 0 saturated carbocycles. The lowest BCUT2D eigenvalue weighted by Gasteiger charge is -2.33. The van der Waals surface area contributed by atoms with Gasteiger partial charge in [-0.3, -0.25) is 9.59 Å². The molecule has 1 aromatic carbocycles. The number of fused-ring (bicyclic) bond motifs is 1. The van der Waals surface area contributed by atoms with E-state index in [1.54, 1.807) is 11.8 Å². The van der Waals surface area contributed by atoms with E-state index in [9.17, 15) is 9.59 Å². The average molecular weight is 316 g/mol. The van der Waals surface area contributed by atoms with Gasteiger partial charge in [-0.25, -0.2) is 0 Å².